The van der Waals surface area contributed by atoms with Crippen molar-refractivity contribution >= 4 is 17.0 Å². The first-order valence-electron chi connectivity index (χ1n) is 7.38. The number of aliphatic hydroxyl groups excluding tert-OH is 2. The Balaban J connectivity index is 2.16. The zero-order valence-electron chi connectivity index (χ0n) is 12.6. The van der Waals surface area contributed by atoms with Crippen LogP contribution in [0.3, 0.4) is 0 Å². The number of aliphatic hydroxyl groups is 2. The Morgan fingerprint density at radius 2 is 2.39 bits per heavy atom. The molecular weight excluding hydrogens is 300 g/mol. The average Bonchev–Trinajstić information content (AvgIpc) is 3.05. The van der Waals surface area contributed by atoms with E-state index in [9.17, 15) is 15.0 Å². The molecule has 3 unspecified atom stereocenters. The van der Waals surface area contributed by atoms with Crippen molar-refractivity contribution in [1.82, 2.24) is 14.5 Å². The molecule has 2 aromatic heterocycles. The number of H-pyrrole nitrogens is 1. The number of hydrogen-bond acceptors (Lipinski definition) is 6. The van der Waals surface area contributed by atoms with E-state index in [4.69, 9.17) is 10.5 Å². The minimum absolute atomic E-state index is 0.00546. The zero-order valence-corrected chi connectivity index (χ0v) is 12.6. The predicted molar refractivity (Wildman–Crippen MR) is 83.6 cm³/mol. The highest BCUT2D eigenvalue weighted by Crippen LogP contribution is 2.32. The Hall–Kier alpha value is -2.34. The van der Waals surface area contributed by atoms with E-state index in [0.717, 1.165) is 0 Å². The van der Waals surface area contributed by atoms with Gasteiger partial charge in [0.15, 0.2) is 5.65 Å². The van der Waals surface area contributed by atoms with E-state index < -0.39 is 18.4 Å². The second-order valence-electron chi connectivity index (χ2n) is 5.37. The number of nitrogens with zero attached hydrogens (tertiary/aromatic N) is 2. The Morgan fingerprint density at radius 3 is 3.04 bits per heavy atom. The van der Waals surface area contributed by atoms with Crippen molar-refractivity contribution < 1.29 is 14.9 Å². The molecule has 8 heteroatoms. The molecule has 1 aliphatic heterocycles. The van der Waals surface area contributed by atoms with Gasteiger partial charge >= 0.3 is 0 Å². The summed E-state index contributed by atoms with van der Waals surface area (Å²) in [5.74, 6) is 5.86. The molecule has 5 N–H and O–H groups in total. The fourth-order valence-electron chi connectivity index (χ4n) is 2.72. The van der Waals surface area contributed by atoms with Crippen LogP contribution in [0, 0.1) is 11.8 Å². The maximum atomic E-state index is 12.2. The predicted octanol–water partition coefficient (Wildman–Crippen LogP) is -0.291. The van der Waals surface area contributed by atoms with Crippen molar-refractivity contribution in [2.24, 2.45) is 0 Å². The fourth-order valence-corrected chi connectivity index (χ4v) is 2.72. The summed E-state index contributed by atoms with van der Waals surface area (Å²) < 4.78 is 7.27. The summed E-state index contributed by atoms with van der Waals surface area (Å²) in [5.41, 5.74) is 6.14. The zero-order chi connectivity index (χ0) is 16.6. The molecule has 0 amide bonds. The Kier molecular flexibility index (Phi) is 4.09. The van der Waals surface area contributed by atoms with Gasteiger partial charge in [0.25, 0.3) is 5.56 Å². The van der Waals surface area contributed by atoms with E-state index in [1.165, 1.54) is 0 Å². The maximum absolute atomic E-state index is 12.2. The first-order chi connectivity index (χ1) is 11.0. The first-order valence-corrected chi connectivity index (χ1v) is 7.38. The molecule has 1 saturated heterocycles. The number of anilines is 1. The van der Waals surface area contributed by atoms with Crippen molar-refractivity contribution in [1.29, 1.82) is 0 Å². The lowest BCUT2D eigenvalue weighted by Gasteiger charge is -2.14. The molecule has 1 aliphatic rings. The number of fused-ring (bicyclic) bond motifs is 1. The van der Waals surface area contributed by atoms with Crippen LogP contribution >= 0.6 is 0 Å². The fraction of sp³-hybridized carbons (Fsp3) is 0.467. The topological polar surface area (TPSA) is 126 Å². The van der Waals surface area contributed by atoms with Crippen LogP contribution in [0.25, 0.3) is 11.0 Å². The van der Waals surface area contributed by atoms with Crippen LogP contribution in [0.15, 0.2) is 11.0 Å². The molecule has 0 aliphatic carbocycles. The van der Waals surface area contributed by atoms with Gasteiger partial charge in [0.05, 0.1) is 23.7 Å². The summed E-state index contributed by atoms with van der Waals surface area (Å²) in [5, 5.41) is 19.5. The van der Waals surface area contributed by atoms with E-state index in [2.05, 4.69) is 21.8 Å². The van der Waals surface area contributed by atoms with Crippen LogP contribution in [0.2, 0.25) is 0 Å². The van der Waals surface area contributed by atoms with E-state index >= 15 is 0 Å². The largest absolute Gasteiger partial charge is 0.394 e. The second-order valence-corrected chi connectivity index (χ2v) is 5.37. The lowest BCUT2D eigenvalue weighted by molar-refractivity contribution is -0.0430. The molecule has 2 aromatic rings. The minimum Gasteiger partial charge on any atom is -0.394 e. The number of aromatic amines is 1. The summed E-state index contributed by atoms with van der Waals surface area (Å²) in [6, 6.07) is 0. The highest BCUT2D eigenvalue weighted by molar-refractivity contribution is 5.83. The van der Waals surface area contributed by atoms with Gasteiger partial charge in [0, 0.05) is 19.0 Å². The third-order valence-corrected chi connectivity index (χ3v) is 3.79. The average molecular weight is 318 g/mol. The molecule has 1 fully saturated rings. The van der Waals surface area contributed by atoms with E-state index in [1.54, 1.807) is 10.8 Å². The maximum Gasteiger partial charge on any atom is 0.263 e. The number of nitrogens with one attached hydrogen (secondary N) is 1. The van der Waals surface area contributed by atoms with Gasteiger partial charge in [-0.15, -0.1) is 0 Å². The standard InChI is InChI=1S/C15H18N4O4/c1-2-3-4-8-6-19(11-5-9(21)10(7-20)23-11)13-12(8)14(22)18-15(16)17-13/h6,9-11,20-21H,2,5,7H2,1H3,(H3,16,17,18,22). The van der Waals surface area contributed by atoms with Gasteiger partial charge in [-0.25, -0.2) is 0 Å². The molecule has 3 atom stereocenters. The van der Waals surface area contributed by atoms with E-state index in [1.807, 2.05) is 6.92 Å². The number of rotatable bonds is 2. The first kappa shape index (κ1) is 15.6. The summed E-state index contributed by atoms with van der Waals surface area (Å²) in [7, 11) is 0. The molecule has 3 rings (SSSR count). The second kappa shape index (κ2) is 6.04. The van der Waals surface area contributed by atoms with Crippen LogP contribution in [0.5, 0.6) is 0 Å². The molecule has 8 nitrogen and oxygen atoms in total. The van der Waals surface area contributed by atoms with Crippen molar-refractivity contribution in [2.45, 2.75) is 38.2 Å². The molecule has 0 bridgehead atoms. The van der Waals surface area contributed by atoms with Crippen molar-refractivity contribution in [3.05, 3.63) is 22.1 Å². The summed E-state index contributed by atoms with van der Waals surface area (Å²) in [6.45, 7) is 1.63. The van der Waals surface area contributed by atoms with Gasteiger partial charge in [-0.1, -0.05) is 18.8 Å². The third-order valence-electron chi connectivity index (χ3n) is 3.79. The van der Waals surface area contributed by atoms with Crippen LogP contribution in [0.1, 0.15) is 31.6 Å². The number of hydrogen-bond donors (Lipinski definition) is 4. The Morgan fingerprint density at radius 1 is 1.61 bits per heavy atom. The highest BCUT2D eigenvalue weighted by Gasteiger charge is 2.35. The molecule has 3 heterocycles. The molecule has 0 aromatic carbocycles. The van der Waals surface area contributed by atoms with Crippen LogP contribution in [-0.2, 0) is 4.74 Å². The van der Waals surface area contributed by atoms with E-state index in [0.29, 0.717) is 23.0 Å². The van der Waals surface area contributed by atoms with Crippen LogP contribution in [0.4, 0.5) is 5.95 Å². The monoisotopic (exact) mass is 318 g/mol. The molecular formula is C15H18N4O4. The van der Waals surface area contributed by atoms with Crippen molar-refractivity contribution in [2.75, 3.05) is 12.3 Å². The van der Waals surface area contributed by atoms with Gasteiger partial charge in [0.1, 0.15) is 12.3 Å². The normalized spacial score (nSPS) is 23.9. The number of nitrogens with two attached hydrogens (primary N) is 1. The van der Waals surface area contributed by atoms with E-state index in [-0.39, 0.29) is 24.5 Å². The van der Waals surface area contributed by atoms with Crippen LogP contribution in [-0.4, -0.2) is 43.6 Å². The number of ether oxygens (including phenoxy) is 1. The molecule has 0 spiro atoms. The Bertz CT molecular complexity index is 845. The quantitative estimate of drug-likeness (QED) is 0.564. The van der Waals surface area contributed by atoms with Gasteiger partial charge in [-0.2, -0.15) is 4.98 Å². The smallest absolute Gasteiger partial charge is 0.263 e. The molecule has 122 valence electrons. The van der Waals surface area contributed by atoms with Gasteiger partial charge < -0.3 is 25.3 Å². The summed E-state index contributed by atoms with van der Waals surface area (Å²) in [6.07, 6.45) is 0.610. The number of aromatic nitrogens is 3. The third kappa shape index (κ3) is 2.70. The molecule has 23 heavy (non-hydrogen) atoms. The van der Waals surface area contributed by atoms with Gasteiger partial charge in [-0.05, 0) is 0 Å². The summed E-state index contributed by atoms with van der Waals surface area (Å²) in [4.78, 5) is 18.9. The lowest BCUT2D eigenvalue weighted by atomic mass is 10.2. The molecule has 0 saturated carbocycles. The van der Waals surface area contributed by atoms with Crippen molar-refractivity contribution in [3.63, 3.8) is 0 Å². The Labute approximate surface area is 131 Å². The number of nitrogen functional groups attached to an aromatic ring is 1. The SMILES string of the molecule is CCC#Cc1cn(C2CC(O)C(CO)O2)c2nc(N)[nH]c(=O)c12. The highest BCUT2D eigenvalue weighted by atomic mass is 16.5. The lowest BCUT2D eigenvalue weighted by Crippen LogP contribution is -2.24. The summed E-state index contributed by atoms with van der Waals surface area (Å²) >= 11 is 0. The minimum atomic E-state index is -0.785. The van der Waals surface area contributed by atoms with Gasteiger partial charge in [-0.3, -0.25) is 9.78 Å². The molecule has 0 radical (unpaired) electrons. The van der Waals surface area contributed by atoms with Crippen molar-refractivity contribution in [3.8, 4) is 11.8 Å². The van der Waals surface area contributed by atoms with Gasteiger partial charge in [0.2, 0.25) is 5.95 Å². The van der Waals surface area contributed by atoms with Crippen LogP contribution < -0.4 is 11.3 Å².